The molecule has 1 aliphatic heterocycles. The molecule has 0 N–H and O–H groups in total. The first kappa shape index (κ1) is 12.5. The fourth-order valence-electron chi connectivity index (χ4n) is 2.33. The van der Waals surface area contributed by atoms with Crippen molar-refractivity contribution in [3.8, 4) is 0 Å². The third kappa shape index (κ3) is 2.18. The Bertz CT molecular complexity index is 683. The van der Waals surface area contributed by atoms with Gasteiger partial charge in [-0.2, -0.15) is 0 Å². The summed E-state index contributed by atoms with van der Waals surface area (Å²) in [6.07, 6.45) is 5.31. The van der Waals surface area contributed by atoms with E-state index in [4.69, 9.17) is 0 Å². The minimum Gasteiger partial charge on any atom is -0.315 e. The molecule has 0 radical (unpaired) electrons. The van der Waals surface area contributed by atoms with Crippen LogP contribution < -0.4 is 4.90 Å². The zero-order valence-electron chi connectivity index (χ0n) is 11.0. The maximum Gasteiger partial charge on any atom is 0.231 e. The van der Waals surface area contributed by atoms with Gasteiger partial charge in [-0.3, -0.25) is 19.6 Å². The Balaban J connectivity index is 1.84. The highest BCUT2D eigenvalue weighted by Crippen LogP contribution is 2.28. The molecule has 0 fully saturated rings. The Morgan fingerprint density at radius 3 is 2.95 bits per heavy atom. The quantitative estimate of drug-likeness (QED) is 0.789. The van der Waals surface area contributed by atoms with Crippen LogP contribution in [0.15, 0.2) is 36.8 Å². The molecule has 1 aromatic carbocycles. The number of nitrogens with zero attached hydrogens (tertiary/aromatic N) is 3. The van der Waals surface area contributed by atoms with E-state index < -0.39 is 0 Å². The summed E-state index contributed by atoms with van der Waals surface area (Å²) in [6.45, 7) is 0. The molecule has 5 nitrogen and oxygen atoms in total. The van der Waals surface area contributed by atoms with Gasteiger partial charge < -0.3 is 4.90 Å². The highest BCUT2D eigenvalue weighted by atomic mass is 16.2. The number of hydrogen-bond acceptors (Lipinski definition) is 4. The zero-order chi connectivity index (χ0) is 14.1. The van der Waals surface area contributed by atoms with Gasteiger partial charge in [-0.05, 0) is 23.8 Å². The molecule has 5 heteroatoms. The van der Waals surface area contributed by atoms with E-state index in [2.05, 4.69) is 9.97 Å². The molecule has 0 bridgehead atoms. The van der Waals surface area contributed by atoms with Crippen molar-refractivity contribution in [1.29, 1.82) is 0 Å². The summed E-state index contributed by atoms with van der Waals surface area (Å²) in [6, 6.07) is 5.38. The number of rotatable bonds is 3. The van der Waals surface area contributed by atoms with E-state index in [1.807, 2.05) is 6.07 Å². The fourth-order valence-corrected chi connectivity index (χ4v) is 2.33. The van der Waals surface area contributed by atoms with Crippen molar-refractivity contribution < 1.29 is 9.59 Å². The number of Topliss-reactive ketones (excluding diaryl/α,β-unsaturated/α-hetero) is 1. The van der Waals surface area contributed by atoms with Crippen LogP contribution in [0.3, 0.4) is 0 Å². The topological polar surface area (TPSA) is 63.2 Å². The summed E-state index contributed by atoms with van der Waals surface area (Å²) >= 11 is 0. The first-order chi connectivity index (χ1) is 9.65. The predicted molar refractivity (Wildman–Crippen MR) is 73.6 cm³/mol. The molecule has 2 aromatic rings. The van der Waals surface area contributed by atoms with Crippen molar-refractivity contribution in [1.82, 2.24) is 9.97 Å². The van der Waals surface area contributed by atoms with E-state index in [0.29, 0.717) is 17.7 Å². The second-order valence-corrected chi connectivity index (χ2v) is 4.77. The molecule has 1 aliphatic rings. The average molecular weight is 267 g/mol. The van der Waals surface area contributed by atoms with Crippen LogP contribution in [-0.4, -0.2) is 28.7 Å². The monoisotopic (exact) mass is 267 g/mol. The smallest absolute Gasteiger partial charge is 0.231 e. The van der Waals surface area contributed by atoms with Crippen molar-refractivity contribution in [2.24, 2.45) is 0 Å². The van der Waals surface area contributed by atoms with Crippen LogP contribution in [0.2, 0.25) is 0 Å². The van der Waals surface area contributed by atoms with Gasteiger partial charge in [-0.15, -0.1) is 0 Å². The first-order valence-electron chi connectivity index (χ1n) is 6.33. The molecule has 100 valence electrons. The molecule has 0 aliphatic carbocycles. The van der Waals surface area contributed by atoms with Crippen LogP contribution >= 0.6 is 0 Å². The third-order valence-electron chi connectivity index (χ3n) is 3.44. The number of ketones is 1. The second-order valence-electron chi connectivity index (χ2n) is 4.77. The van der Waals surface area contributed by atoms with E-state index in [1.54, 1.807) is 42.7 Å². The Kier molecular flexibility index (Phi) is 3.02. The SMILES string of the molecule is CN1C(=O)Cc2cc(C(=O)Cc3cnccn3)ccc21. The summed E-state index contributed by atoms with van der Waals surface area (Å²) in [5, 5.41) is 0. The van der Waals surface area contributed by atoms with Gasteiger partial charge in [0.05, 0.1) is 18.5 Å². The summed E-state index contributed by atoms with van der Waals surface area (Å²) < 4.78 is 0. The molecular weight excluding hydrogens is 254 g/mol. The zero-order valence-corrected chi connectivity index (χ0v) is 11.0. The average Bonchev–Trinajstić information content (AvgIpc) is 2.74. The second kappa shape index (κ2) is 4.85. The van der Waals surface area contributed by atoms with Crippen molar-refractivity contribution in [3.05, 3.63) is 53.6 Å². The summed E-state index contributed by atoms with van der Waals surface area (Å²) in [5.74, 6) is 0.0360. The maximum atomic E-state index is 12.2. The third-order valence-corrected chi connectivity index (χ3v) is 3.44. The van der Waals surface area contributed by atoms with Crippen LogP contribution in [0.4, 0.5) is 5.69 Å². The molecular formula is C15H13N3O2. The van der Waals surface area contributed by atoms with Crippen LogP contribution in [0.25, 0.3) is 0 Å². The van der Waals surface area contributed by atoms with Gasteiger partial charge in [0.15, 0.2) is 5.78 Å². The Morgan fingerprint density at radius 2 is 2.20 bits per heavy atom. The minimum atomic E-state index is -0.0182. The Hall–Kier alpha value is -2.56. The highest BCUT2D eigenvalue weighted by molar-refractivity contribution is 6.03. The van der Waals surface area contributed by atoms with Crippen LogP contribution in [-0.2, 0) is 17.6 Å². The lowest BCUT2D eigenvalue weighted by atomic mass is 10.0. The molecule has 2 heterocycles. The van der Waals surface area contributed by atoms with Gasteiger partial charge in [0.2, 0.25) is 5.91 Å². The molecule has 0 saturated heterocycles. The van der Waals surface area contributed by atoms with Crippen molar-refractivity contribution in [2.45, 2.75) is 12.8 Å². The van der Waals surface area contributed by atoms with E-state index in [9.17, 15) is 9.59 Å². The lowest BCUT2D eigenvalue weighted by molar-refractivity contribution is -0.117. The lowest BCUT2D eigenvalue weighted by Gasteiger charge is -2.10. The van der Waals surface area contributed by atoms with Crippen molar-refractivity contribution >= 4 is 17.4 Å². The highest BCUT2D eigenvalue weighted by Gasteiger charge is 2.24. The van der Waals surface area contributed by atoms with E-state index in [-0.39, 0.29) is 18.1 Å². The van der Waals surface area contributed by atoms with Crippen molar-refractivity contribution in [3.63, 3.8) is 0 Å². The van der Waals surface area contributed by atoms with Gasteiger partial charge in [-0.1, -0.05) is 0 Å². The Labute approximate surface area is 116 Å². The van der Waals surface area contributed by atoms with Crippen LogP contribution in [0.5, 0.6) is 0 Å². The number of benzene rings is 1. The molecule has 0 saturated carbocycles. The molecule has 3 rings (SSSR count). The van der Waals surface area contributed by atoms with Gasteiger partial charge in [0, 0.05) is 36.9 Å². The largest absolute Gasteiger partial charge is 0.315 e. The number of amides is 1. The van der Waals surface area contributed by atoms with E-state index in [0.717, 1.165) is 11.3 Å². The number of fused-ring (bicyclic) bond motifs is 1. The number of carbonyl (C=O) groups is 2. The number of aromatic nitrogens is 2. The first-order valence-corrected chi connectivity index (χ1v) is 6.33. The number of likely N-dealkylation sites (N-methyl/N-ethyl adjacent to an activating group) is 1. The van der Waals surface area contributed by atoms with E-state index in [1.165, 1.54) is 0 Å². The maximum absolute atomic E-state index is 12.2. The van der Waals surface area contributed by atoms with Gasteiger partial charge >= 0.3 is 0 Å². The molecule has 0 atom stereocenters. The molecule has 0 spiro atoms. The standard InChI is InChI=1S/C15H13N3O2/c1-18-13-3-2-10(6-11(13)7-15(18)20)14(19)8-12-9-16-4-5-17-12/h2-6,9H,7-8H2,1H3. The summed E-state index contributed by atoms with van der Waals surface area (Å²) in [4.78, 5) is 33.5. The van der Waals surface area contributed by atoms with Crippen molar-refractivity contribution in [2.75, 3.05) is 11.9 Å². The van der Waals surface area contributed by atoms with Crippen LogP contribution in [0.1, 0.15) is 21.6 Å². The number of carbonyl (C=O) groups excluding carboxylic acids is 2. The summed E-state index contributed by atoms with van der Waals surface area (Å²) in [7, 11) is 1.75. The molecule has 1 aromatic heterocycles. The normalized spacial score (nSPS) is 13.4. The van der Waals surface area contributed by atoms with Gasteiger partial charge in [-0.25, -0.2) is 0 Å². The van der Waals surface area contributed by atoms with E-state index >= 15 is 0 Å². The minimum absolute atomic E-state index is 0.0182. The van der Waals surface area contributed by atoms with Gasteiger partial charge in [0.1, 0.15) is 0 Å². The molecule has 1 amide bonds. The lowest BCUT2D eigenvalue weighted by Crippen LogP contribution is -2.20. The molecule has 20 heavy (non-hydrogen) atoms. The summed E-state index contributed by atoms with van der Waals surface area (Å²) in [5.41, 5.74) is 3.04. The molecule has 0 unspecified atom stereocenters. The fraction of sp³-hybridized carbons (Fsp3) is 0.200. The predicted octanol–water partition coefficient (Wildman–Crippen LogP) is 1.42. The number of hydrogen-bond donors (Lipinski definition) is 0. The Morgan fingerprint density at radius 1 is 1.35 bits per heavy atom. The van der Waals surface area contributed by atoms with Gasteiger partial charge in [0.25, 0.3) is 0 Å². The van der Waals surface area contributed by atoms with Crippen LogP contribution in [0, 0.1) is 0 Å². The number of anilines is 1.